The number of para-hydroxylation sites is 1. The molecule has 34 heavy (non-hydrogen) atoms. The predicted molar refractivity (Wildman–Crippen MR) is 130 cm³/mol. The van der Waals surface area contributed by atoms with E-state index in [0.29, 0.717) is 25.4 Å². The molecule has 0 unspecified atom stereocenters. The Kier molecular flexibility index (Phi) is 8.31. The lowest BCUT2D eigenvalue weighted by Gasteiger charge is -2.12. The minimum absolute atomic E-state index is 0.0962. The first kappa shape index (κ1) is 24.4. The number of anilines is 2. The van der Waals surface area contributed by atoms with Crippen LogP contribution >= 0.6 is 0 Å². The lowest BCUT2D eigenvalue weighted by atomic mass is 10.1. The van der Waals surface area contributed by atoms with Gasteiger partial charge in [-0.2, -0.15) is 0 Å². The summed E-state index contributed by atoms with van der Waals surface area (Å²) in [6.07, 6.45) is 0. The molecule has 176 valence electrons. The normalized spacial score (nSPS) is 10.4. The number of nitrogens with zero attached hydrogens (tertiary/aromatic N) is 1. The number of hydrogen-bond acceptors (Lipinski definition) is 6. The summed E-state index contributed by atoms with van der Waals surface area (Å²) in [4.78, 5) is 36.5. The number of amides is 2. The third-order valence-corrected chi connectivity index (χ3v) is 5.07. The fraction of sp³-hybridized carbons (Fsp3) is 0.200. The molecule has 3 aromatic rings. The largest absolute Gasteiger partial charge is 0.383 e. The highest BCUT2D eigenvalue weighted by Gasteiger charge is 2.19. The zero-order chi connectivity index (χ0) is 24.5. The van der Waals surface area contributed by atoms with Crippen LogP contribution in [0.15, 0.2) is 66.7 Å². The molecule has 0 aromatic heterocycles. The lowest BCUT2D eigenvalue weighted by Crippen LogP contribution is -2.25. The number of nitrogens with one attached hydrogen (secondary N) is 3. The number of rotatable bonds is 10. The number of ether oxygens (including phenoxy) is 1. The van der Waals surface area contributed by atoms with Crippen LogP contribution in [0.25, 0.3) is 0 Å². The van der Waals surface area contributed by atoms with Crippen molar-refractivity contribution in [2.75, 3.05) is 30.9 Å². The molecule has 0 atom stereocenters. The Morgan fingerprint density at radius 2 is 1.71 bits per heavy atom. The third-order valence-electron chi connectivity index (χ3n) is 5.07. The minimum atomic E-state index is -0.565. The Morgan fingerprint density at radius 1 is 0.971 bits per heavy atom. The van der Waals surface area contributed by atoms with Gasteiger partial charge in [-0.15, -0.1) is 0 Å². The van der Waals surface area contributed by atoms with Gasteiger partial charge in [-0.05, 0) is 36.8 Å². The molecule has 0 aliphatic carbocycles. The molecule has 0 fully saturated rings. The monoisotopic (exact) mass is 462 g/mol. The van der Waals surface area contributed by atoms with Crippen molar-refractivity contribution in [2.24, 2.45) is 0 Å². The molecular formula is C25H26N4O5. The van der Waals surface area contributed by atoms with Gasteiger partial charge in [-0.1, -0.05) is 42.0 Å². The molecule has 9 nitrogen and oxygen atoms in total. The molecule has 0 aliphatic rings. The van der Waals surface area contributed by atoms with E-state index in [0.717, 1.165) is 11.1 Å². The Balaban J connectivity index is 1.73. The van der Waals surface area contributed by atoms with E-state index < -0.39 is 10.8 Å². The van der Waals surface area contributed by atoms with Gasteiger partial charge in [0, 0.05) is 31.8 Å². The summed E-state index contributed by atoms with van der Waals surface area (Å²) < 4.78 is 4.94. The number of nitro groups is 1. The highest BCUT2D eigenvalue weighted by molar-refractivity contribution is 6.09. The van der Waals surface area contributed by atoms with Gasteiger partial charge in [0.25, 0.3) is 17.5 Å². The molecule has 3 rings (SSSR count). The number of aryl methyl sites for hydroxylation is 1. The summed E-state index contributed by atoms with van der Waals surface area (Å²) in [7, 11) is 1.53. The molecule has 2 amide bonds. The van der Waals surface area contributed by atoms with Gasteiger partial charge in [0.1, 0.15) is 5.69 Å². The predicted octanol–water partition coefficient (Wildman–Crippen LogP) is 4.14. The van der Waals surface area contributed by atoms with Crippen molar-refractivity contribution in [3.8, 4) is 0 Å². The number of methoxy groups -OCH3 is 1. The number of hydrogen-bond donors (Lipinski definition) is 3. The maximum Gasteiger partial charge on any atom is 0.293 e. The molecule has 0 aliphatic heterocycles. The van der Waals surface area contributed by atoms with Gasteiger partial charge in [0.05, 0.1) is 22.8 Å². The first-order valence-corrected chi connectivity index (χ1v) is 10.6. The Hall–Kier alpha value is -4.24. The fourth-order valence-corrected chi connectivity index (χ4v) is 3.23. The zero-order valence-electron chi connectivity index (χ0n) is 19.0. The number of carbonyl (C=O) groups excluding carboxylic acids is 2. The quantitative estimate of drug-likeness (QED) is 0.236. The molecule has 9 heteroatoms. The van der Waals surface area contributed by atoms with E-state index in [9.17, 15) is 19.7 Å². The second kappa shape index (κ2) is 11.6. The van der Waals surface area contributed by atoms with Crippen LogP contribution in [0.3, 0.4) is 0 Å². The average Bonchev–Trinajstić information content (AvgIpc) is 2.84. The minimum Gasteiger partial charge on any atom is -0.383 e. The van der Waals surface area contributed by atoms with Gasteiger partial charge in [0.2, 0.25) is 0 Å². The second-order valence-electron chi connectivity index (χ2n) is 7.58. The lowest BCUT2D eigenvalue weighted by molar-refractivity contribution is -0.384. The molecular weight excluding hydrogens is 436 g/mol. The van der Waals surface area contributed by atoms with E-state index in [1.165, 1.54) is 25.3 Å². The molecule has 0 radical (unpaired) electrons. The molecule has 0 bridgehead atoms. The highest BCUT2D eigenvalue weighted by atomic mass is 16.6. The summed E-state index contributed by atoms with van der Waals surface area (Å²) >= 11 is 0. The zero-order valence-corrected chi connectivity index (χ0v) is 19.0. The average molecular weight is 463 g/mol. The highest BCUT2D eigenvalue weighted by Crippen LogP contribution is 2.26. The molecule has 3 N–H and O–H groups in total. The summed E-state index contributed by atoms with van der Waals surface area (Å²) in [5, 5.41) is 19.9. The van der Waals surface area contributed by atoms with Crippen LogP contribution < -0.4 is 16.0 Å². The van der Waals surface area contributed by atoms with Crippen molar-refractivity contribution in [3.05, 3.63) is 99.1 Å². The number of nitro benzene ring substituents is 1. The van der Waals surface area contributed by atoms with E-state index in [1.807, 2.05) is 31.2 Å². The maximum absolute atomic E-state index is 12.8. The van der Waals surface area contributed by atoms with Gasteiger partial charge in [-0.3, -0.25) is 19.7 Å². The Bertz CT molecular complexity index is 1180. The third kappa shape index (κ3) is 6.39. The van der Waals surface area contributed by atoms with Crippen molar-refractivity contribution in [2.45, 2.75) is 13.5 Å². The van der Waals surface area contributed by atoms with Crippen LogP contribution in [-0.4, -0.2) is 37.0 Å². The van der Waals surface area contributed by atoms with Gasteiger partial charge in [0.15, 0.2) is 0 Å². The van der Waals surface area contributed by atoms with E-state index in [1.54, 1.807) is 24.3 Å². The molecule has 0 saturated heterocycles. The fourth-order valence-electron chi connectivity index (χ4n) is 3.23. The topological polar surface area (TPSA) is 123 Å². The van der Waals surface area contributed by atoms with Crippen LogP contribution in [0.2, 0.25) is 0 Å². The van der Waals surface area contributed by atoms with Crippen LogP contribution in [0.5, 0.6) is 0 Å². The van der Waals surface area contributed by atoms with Crippen LogP contribution in [0.1, 0.15) is 31.8 Å². The van der Waals surface area contributed by atoms with Crippen molar-refractivity contribution in [3.63, 3.8) is 0 Å². The van der Waals surface area contributed by atoms with Crippen LogP contribution in [-0.2, 0) is 11.3 Å². The van der Waals surface area contributed by atoms with Crippen LogP contribution in [0.4, 0.5) is 17.1 Å². The summed E-state index contributed by atoms with van der Waals surface area (Å²) in [5.41, 5.74) is 2.82. The summed E-state index contributed by atoms with van der Waals surface area (Å²) in [6.45, 7) is 3.09. The van der Waals surface area contributed by atoms with Crippen molar-refractivity contribution in [1.82, 2.24) is 5.32 Å². The van der Waals surface area contributed by atoms with E-state index >= 15 is 0 Å². The van der Waals surface area contributed by atoms with Crippen LogP contribution in [0, 0.1) is 17.0 Å². The van der Waals surface area contributed by atoms with Crippen molar-refractivity contribution < 1.29 is 19.2 Å². The molecule has 3 aromatic carbocycles. The maximum atomic E-state index is 12.8. The van der Waals surface area contributed by atoms with Gasteiger partial charge in [-0.25, -0.2) is 0 Å². The number of benzene rings is 3. The smallest absolute Gasteiger partial charge is 0.293 e. The summed E-state index contributed by atoms with van der Waals surface area (Å²) in [6, 6.07) is 18.6. The van der Waals surface area contributed by atoms with E-state index in [2.05, 4.69) is 16.0 Å². The van der Waals surface area contributed by atoms with Crippen molar-refractivity contribution >= 4 is 28.9 Å². The molecule has 0 heterocycles. The molecule has 0 saturated carbocycles. The Morgan fingerprint density at radius 3 is 2.41 bits per heavy atom. The van der Waals surface area contributed by atoms with Gasteiger partial charge < -0.3 is 20.7 Å². The van der Waals surface area contributed by atoms with E-state index in [4.69, 9.17) is 4.74 Å². The standard InChI is InChI=1S/C25H26N4O5/c1-17-7-9-18(10-8-17)16-27-25(31)20-5-3-4-6-21(20)28-24(30)19-11-12-22(26-13-14-34-2)23(15-19)29(32)33/h3-12,15,26H,13-14,16H2,1-2H3,(H,27,31)(H,28,30). The number of carbonyl (C=O) groups is 2. The van der Waals surface area contributed by atoms with E-state index in [-0.39, 0.29) is 28.4 Å². The second-order valence-corrected chi connectivity index (χ2v) is 7.58. The molecule has 0 spiro atoms. The first-order chi connectivity index (χ1) is 16.4. The SMILES string of the molecule is COCCNc1ccc(C(=O)Nc2ccccc2C(=O)NCc2ccc(C)cc2)cc1[N+](=O)[O-]. The summed E-state index contributed by atoms with van der Waals surface area (Å²) in [5.74, 6) is -0.912. The van der Waals surface area contributed by atoms with Gasteiger partial charge >= 0.3 is 0 Å². The first-order valence-electron chi connectivity index (χ1n) is 10.6. The van der Waals surface area contributed by atoms with Crippen molar-refractivity contribution in [1.29, 1.82) is 0 Å². The Labute approximate surface area is 197 Å².